The highest BCUT2D eigenvalue weighted by Gasteiger charge is 2.22. The Morgan fingerprint density at radius 2 is 1.82 bits per heavy atom. The molecule has 1 fully saturated rings. The van der Waals surface area contributed by atoms with Crippen molar-refractivity contribution in [2.45, 2.75) is 37.9 Å². The van der Waals surface area contributed by atoms with Crippen LogP contribution in [0.25, 0.3) is 0 Å². The fourth-order valence-electron chi connectivity index (χ4n) is 2.32. The van der Waals surface area contributed by atoms with Crippen LogP contribution in [-0.4, -0.2) is 26.4 Å². The normalized spacial score (nSPS) is 24.4. The van der Waals surface area contributed by atoms with Crippen molar-refractivity contribution in [2.24, 2.45) is 0 Å². The van der Waals surface area contributed by atoms with Crippen molar-refractivity contribution < 1.29 is 9.47 Å². The molecule has 1 N–H and O–H groups in total. The van der Waals surface area contributed by atoms with Gasteiger partial charge in [0.25, 0.3) is 0 Å². The highest BCUT2D eigenvalue weighted by molar-refractivity contribution is 5.45. The summed E-state index contributed by atoms with van der Waals surface area (Å²) in [5.74, 6) is 0.950. The SMILES string of the molecule is CNc1ccc(OC2CCCC(OC)C2)cc1. The molecular formula is C14H21NO2. The third-order valence-corrected chi connectivity index (χ3v) is 3.36. The van der Waals surface area contributed by atoms with Gasteiger partial charge in [0.05, 0.1) is 6.10 Å². The van der Waals surface area contributed by atoms with Crippen molar-refractivity contribution in [3.63, 3.8) is 0 Å². The zero-order chi connectivity index (χ0) is 12.1. The Hall–Kier alpha value is -1.22. The molecule has 0 bridgehead atoms. The number of rotatable bonds is 4. The van der Waals surface area contributed by atoms with E-state index in [1.165, 1.54) is 6.42 Å². The second-order valence-electron chi connectivity index (χ2n) is 4.54. The first-order valence-corrected chi connectivity index (χ1v) is 6.29. The second kappa shape index (κ2) is 5.92. The van der Waals surface area contributed by atoms with E-state index in [0.717, 1.165) is 30.7 Å². The molecule has 0 heterocycles. The van der Waals surface area contributed by atoms with Crippen molar-refractivity contribution in [2.75, 3.05) is 19.5 Å². The number of ether oxygens (including phenoxy) is 2. The number of anilines is 1. The molecule has 1 aliphatic carbocycles. The van der Waals surface area contributed by atoms with Crippen LogP contribution in [0.5, 0.6) is 5.75 Å². The summed E-state index contributed by atoms with van der Waals surface area (Å²) in [7, 11) is 3.70. The Bertz CT molecular complexity index is 337. The lowest BCUT2D eigenvalue weighted by Crippen LogP contribution is -2.29. The van der Waals surface area contributed by atoms with E-state index in [1.54, 1.807) is 7.11 Å². The van der Waals surface area contributed by atoms with Crippen molar-refractivity contribution in [1.82, 2.24) is 0 Å². The van der Waals surface area contributed by atoms with Gasteiger partial charge in [-0.1, -0.05) is 0 Å². The summed E-state index contributed by atoms with van der Waals surface area (Å²) in [6.07, 6.45) is 5.16. The molecule has 1 aromatic rings. The molecule has 0 aromatic heterocycles. The fraction of sp³-hybridized carbons (Fsp3) is 0.571. The van der Waals surface area contributed by atoms with Crippen molar-refractivity contribution in [3.05, 3.63) is 24.3 Å². The van der Waals surface area contributed by atoms with E-state index in [-0.39, 0.29) is 0 Å². The van der Waals surface area contributed by atoms with Gasteiger partial charge in [0.15, 0.2) is 0 Å². The standard InChI is InChI=1S/C14H21NO2/c1-15-11-6-8-12(9-7-11)17-14-5-3-4-13(10-14)16-2/h6-9,13-15H,3-5,10H2,1-2H3. The van der Waals surface area contributed by atoms with Crippen molar-refractivity contribution >= 4 is 5.69 Å². The first-order valence-electron chi connectivity index (χ1n) is 6.29. The van der Waals surface area contributed by atoms with Crippen LogP contribution in [0.2, 0.25) is 0 Å². The summed E-state index contributed by atoms with van der Waals surface area (Å²) in [5.41, 5.74) is 1.11. The van der Waals surface area contributed by atoms with Crippen LogP contribution in [0.4, 0.5) is 5.69 Å². The van der Waals surface area contributed by atoms with Gasteiger partial charge in [-0.05, 0) is 43.5 Å². The molecule has 2 rings (SSSR count). The van der Waals surface area contributed by atoms with E-state index in [0.29, 0.717) is 12.2 Å². The summed E-state index contributed by atoms with van der Waals surface area (Å²) < 4.78 is 11.4. The summed E-state index contributed by atoms with van der Waals surface area (Å²) in [4.78, 5) is 0. The van der Waals surface area contributed by atoms with E-state index in [1.807, 2.05) is 31.3 Å². The van der Waals surface area contributed by atoms with Crippen LogP contribution in [0.3, 0.4) is 0 Å². The molecule has 0 amide bonds. The zero-order valence-electron chi connectivity index (χ0n) is 10.6. The molecule has 0 saturated heterocycles. The molecule has 3 nitrogen and oxygen atoms in total. The van der Waals surface area contributed by atoms with Gasteiger partial charge in [-0.3, -0.25) is 0 Å². The molecule has 0 spiro atoms. The number of nitrogens with one attached hydrogen (secondary N) is 1. The molecule has 2 atom stereocenters. The number of hydrogen-bond acceptors (Lipinski definition) is 3. The minimum atomic E-state index is 0.300. The van der Waals surface area contributed by atoms with Gasteiger partial charge in [-0.15, -0.1) is 0 Å². The predicted molar refractivity (Wildman–Crippen MR) is 69.7 cm³/mol. The van der Waals surface area contributed by atoms with Crippen LogP contribution >= 0.6 is 0 Å². The number of hydrogen-bond donors (Lipinski definition) is 1. The quantitative estimate of drug-likeness (QED) is 0.870. The lowest BCUT2D eigenvalue weighted by atomic mass is 9.95. The lowest BCUT2D eigenvalue weighted by Gasteiger charge is -2.28. The smallest absolute Gasteiger partial charge is 0.119 e. The minimum Gasteiger partial charge on any atom is -0.490 e. The summed E-state index contributed by atoms with van der Waals surface area (Å²) in [6.45, 7) is 0. The minimum absolute atomic E-state index is 0.300. The molecular weight excluding hydrogens is 214 g/mol. The highest BCUT2D eigenvalue weighted by atomic mass is 16.5. The first kappa shape index (κ1) is 12.2. The number of benzene rings is 1. The molecule has 3 heteroatoms. The summed E-state index contributed by atoms with van der Waals surface area (Å²) in [6, 6.07) is 8.10. The van der Waals surface area contributed by atoms with Gasteiger partial charge in [-0.2, -0.15) is 0 Å². The van der Waals surface area contributed by atoms with E-state index < -0.39 is 0 Å². The third kappa shape index (κ3) is 3.37. The van der Waals surface area contributed by atoms with Gasteiger partial charge < -0.3 is 14.8 Å². The van der Waals surface area contributed by atoms with E-state index in [4.69, 9.17) is 9.47 Å². The fourth-order valence-corrected chi connectivity index (χ4v) is 2.32. The second-order valence-corrected chi connectivity index (χ2v) is 4.54. The van der Waals surface area contributed by atoms with Crippen LogP contribution in [0.15, 0.2) is 24.3 Å². The average molecular weight is 235 g/mol. The summed E-state index contributed by atoms with van der Waals surface area (Å²) in [5, 5.41) is 3.10. The van der Waals surface area contributed by atoms with Gasteiger partial charge >= 0.3 is 0 Å². The Morgan fingerprint density at radius 1 is 1.12 bits per heavy atom. The molecule has 0 aliphatic heterocycles. The summed E-state index contributed by atoms with van der Waals surface area (Å²) >= 11 is 0. The molecule has 2 unspecified atom stereocenters. The third-order valence-electron chi connectivity index (χ3n) is 3.36. The largest absolute Gasteiger partial charge is 0.490 e. The molecule has 17 heavy (non-hydrogen) atoms. The molecule has 0 radical (unpaired) electrons. The van der Waals surface area contributed by atoms with Gasteiger partial charge in [0.2, 0.25) is 0 Å². The monoisotopic (exact) mass is 235 g/mol. The lowest BCUT2D eigenvalue weighted by molar-refractivity contribution is 0.0210. The van der Waals surface area contributed by atoms with Gasteiger partial charge in [0.1, 0.15) is 11.9 Å². The first-order chi connectivity index (χ1) is 8.31. The van der Waals surface area contributed by atoms with Gasteiger partial charge in [-0.25, -0.2) is 0 Å². The van der Waals surface area contributed by atoms with E-state index in [2.05, 4.69) is 5.32 Å². The van der Waals surface area contributed by atoms with Gasteiger partial charge in [0, 0.05) is 26.3 Å². The maximum absolute atomic E-state index is 5.98. The maximum Gasteiger partial charge on any atom is 0.119 e. The molecule has 94 valence electrons. The maximum atomic E-state index is 5.98. The van der Waals surface area contributed by atoms with Crippen LogP contribution in [0, 0.1) is 0 Å². The van der Waals surface area contributed by atoms with Crippen molar-refractivity contribution in [3.8, 4) is 5.75 Å². The van der Waals surface area contributed by atoms with E-state index in [9.17, 15) is 0 Å². The Morgan fingerprint density at radius 3 is 2.47 bits per heavy atom. The molecule has 1 saturated carbocycles. The zero-order valence-corrected chi connectivity index (χ0v) is 10.6. The average Bonchev–Trinajstić information content (AvgIpc) is 2.40. The van der Waals surface area contributed by atoms with E-state index >= 15 is 0 Å². The van der Waals surface area contributed by atoms with Crippen LogP contribution in [0.1, 0.15) is 25.7 Å². The molecule has 1 aliphatic rings. The van der Waals surface area contributed by atoms with Crippen molar-refractivity contribution in [1.29, 1.82) is 0 Å². The number of methoxy groups -OCH3 is 1. The van der Waals surface area contributed by atoms with Crippen LogP contribution < -0.4 is 10.1 Å². The predicted octanol–water partition coefficient (Wildman–Crippen LogP) is 3.06. The van der Waals surface area contributed by atoms with Crippen LogP contribution in [-0.2, 0) is 4.74 Å². The Kier molecular flexibility index (Phi) is 4.26. The highest BCUT2D eigenvalue weighted by Crippen LogP contribution is 2.25. The molecule has 1 aromatic carbocycles. The Balaban J connectivity index is 1.90. The Labute approximate surface area is 103 Å². The topological polar surface area (TPSA) is 30.5 Å².